The Labute approximate surface area is 195 Å². The van der Waals surface area contributed by atoms with Crippen molar-refractivity contribution in [2.75, 3.05) is 19.6 Å². The first-order valence-electron chi connectivity index (χ1n) is 10.7. The van der Waals surface area contributed by atoms with E-state index >= 15 is 0 Å². The fraction of sp³-hybridized carbons (Fsp3) is 0.417. The van der Waals surface area contributed by atoms with Crippen LogP contribution in [0.3, 0.4) is 0 Å². The molecule has 0 radical (unpaired) electrons. The van der Waals surface area contributed by atoms with Crippen LogP contribution < -0.4 is 15.4 Å². The highest BCUT2D eigenvalue weighted by Gasteiger charge is 2.23. The van der Waals surface area contributed by atoms with Crippen LogP contribution in [-0.4, -0.2) is 39.9 Å². The van der Waals surface area contributed by atoms with Crippen LogP contribution >= 0.6 is 0 Å². The minimum atomic E-state index is -3.77. The first-order valence-corrected chi connectivity index (χ1v) is 12.2. The molecule has 2 aromatic carbocycles. The van der Waals surface area contributed by atoms with E-state index in [0.717, 1.165) is 22.8 Å². The van der Waals surface area contributed by atoms with Crippen LogP contribution in [0.1, 0.15) is 50.2 Å². The van der Waals surface area contributed by atoms with E-state index in [-0.39, 0.29) is 42.4 Å². The molecule has 2 aromatic rings. The zero-order chi connectivity index (χ0) is 24.9. The van der Waals surface area contributed by atoms with E-state index in [1.165, 1.54) is 12.1 Å². The fourth-order valence-corrected chi connectivity index (χ4v) is 5.17. The van der Waals surface area contributed by atoms with Crippen molar-refractivity contribution in [1.82, 2.24) is 15.4 Å². The summed E-state index contributed by atoms with van der Waals surface area (Å²) in [6.07, 6.45) is -0.0434. The topological polar surface area (TPSA) is 104 Å². The highest BCUT2D eigenvalue weighted by atomic mass is 32.2. The maximum Gasteiger partial charge on any atom is 0.251 e. The van der Waals surface area contributed by atoms with Gasteiger partial charge in [0.15, 0.2) is 0 Å². The summed E-state index contributed by atoms with van der Waals surface area (Å²) in [5.74, 6) is -1.25. The molecule has 2 amide bonds. The van der Waals surface area contributed by atoms with Gasteiger partial charge in [-0.1, -0.05) is 6.07 Å². The van der Waals surface area contributed by atoms with Crippen LogP contribution in [0.2, 0.25) is 0 Å². The lowest BCUT2D eigenvalue weighted by molar-refractivity contribution is -0.120. The summed E-state index contributed by atoms with van der Waals surface area (Å²) >= 11 is 0. The Morgan fingerprint density at radius 2 is 1.36 bits per heavy atom. The summed E-state index contributed by atoms with van der Waals surface area (Å²) in [5.41, 5.74) is 5.01. The molecule has 33 heavy (non-hydrogen) atoms. The molecule has 0 fully saturated rings. The number of benzene rings is 2. The lowest BCUT2D eigenvalue weighted by atomic mass is 9.95. The molecule has 0 aliphatic rings. The van der Waals surface area contributed by atoms with Gasteiger partial charge >= 0.3 is 0 Å². The third-order valence-electron chi connectivity index (χ3n) is 6.01. The van der Waals surface area contributed by atoms with E-state index in [9.17, 15) is 22.4 Å². The molecule has 2 rings (SSSR count). The number of nitrogens with one attached hydrogen (secondary N) is 3. The monoisotopic (exact) mass is 477 g/mol. The Morgan fingerprint density at radius 3 is 1.94 bits per heavy atom. The largest absolute Gasteiger partial charge is 0.354 e. The Morgan fingerprint density at radius 1 is 0.818 bits per heavy atom. The third-order valence-corrected chi connectivity index (χ3v) is 7.74. The Balaban J connectivity index is 1.82. The number of hydrogen-bond donors (Lipinski definition) is 3. The van der Waals surface area contributed by atoms with Gasteiger partial charge in [0, 0.05) is 31.6 Å². The van der Waals surface area contributed by atoms with E-state index in [0.29, 0.717) is 16.7 Å². The number of carbonyl (C=O) groups is 2. The highest BCUT2D eigenvalue weighted by Crippen LogP contribution is 2.29. The first kappa shape index (κ1) is 26.5. The van der Waals surface area contributed by atoms with E-state index < -0.39 is 21.7 Å². The van der Waals surface area contributed by atoms with Crippen molar-refractivity contribution in [2.45, 2.75) is 52.9 Å². The minimum absolute atomic E-state index is 0.0434. The van der Waals surface area contributed by atoms with Crippen molar-refractivity contribution >= 4 is 21.8 Å². The van der Waals surface area contributed by atoms with E-state index in [1.807, 2.05) is 20.8 Å². The molecule has 0 saturated heterocycles. The number of rotatable bonds is 9. The third kappa shape index (κ3) is 6.39. The normalized spacial score (nSPS) is 11.4. The summed E-state index contributed by atoms with van der Waals surface area (Å²) in [6.45, 7) is 11.2. The second kappa shape index (κ2) is 10.9. The molecule has 0 aliphatic heterocycles. The van der Waals surface area contributed by atoms with Gasteiger partial charge in [0.25, 0.3) is 5.91 Å². The molecule has 0 bridgehead atoms. The molecule has 9 heteroatoms. The fourth-order valence-electron chi connectivity index (χ4n) is 3.54. The van der Waals surface area contributed by atoms with Gasteiger partial charge in [0.05, 0.1) is 4.90 Å². The van der Waals surface area contributed by atoms with Crippen LogP contribution in [0, 0.1) is 47.4 Å². The van der Waals surface area contributed by atoms with Crippen molar-refractivity contribution in [3.63, 3.8) is 0 Å². The Kier molecular flexibility index (Phi) is 8.74. The van der Waals surface area contributed by atoms with E-state index in [4.69, 9.17) is 0 Å². The molecule has 0 unspecified atom stereocenters. The van der Waals surface area contributed by atoms with Crippen LogP contribution in [-0.2, 0) is 14.8 Å². The van der Waals surface area contributed by atoms with Gasteiger partial charge in [-0.05, 0) is 87.1 Å². The number of amides is 2. The summed E-state index contributed by atoms with van der Waals surface area (Å²) < 4.78 is 41.8. The molecular weight excluding hydrogens is 445 g/mol. The number of halogens is 1. The molecule has 0 heterocycles. The van der Waals surface area contributed by atoms with Gasteiger partial charge in [-0.15, -0.1) is 0 Å². The van der Waals surface area contributed by atoms with Crippen molar-refractivity contribution in [1.29, 1.82) is 0 Å². The number of hydrogen-bond acceptors (Lipinski definition) is 4. The predicted octanol–water partition coefficient (Wildman–Crippen LogP) is 2.89. The maximum atomic E-state index is 13.6. The molecule has 0 aliphatic carbocycles. The summed E-state index contributed by atoms with van der Waals surface area (Å²) in [6, 6.07) is 4.21. The van der Waals surface area contributed by atoms with Gasteiger partial charge < -0.3 is 10.6 Å². The molecule has 180 valence electrons. The quantitative estimate of drug-likeness (QED) is 0.483. The lowest BCUT2D eigenvalue weighted by Gasteiger charge is -2.19. The maximum absolute atomic E-state index is 13.6. The first-order chi connectivity index (χ1) is 15.4. The Bertz CT molecular complexity index is 1150. The molecule has 0 atom stereocenters. The molecule has 3 N–H and O–H groups in total. The highest BCUT2D eigenvalue weighted by molar-refractivity contribution is 7.89. The molecular formula is C24H32FN3O4S. The van der Waals surface area contributed by atoms with Crippen molar-refractivity contribution in [3.8, 4) is 0 Å². The Hall–Kier alpha value is -2.78. The zero-order valence-corrected chi connectivity index (χ0v) is 20.8. The average Bonchev–Trinajstić information content (AvgIpc) is 2.75. The predicted molar refractivity (Wildman–Crippen MR) is 126 cm³/mol. The second-order valence-electron chi connectivity index (χ2n) is 8.17. The van der Waals surface area contributed by atoms with Gasteiger partial charge in [0.1, 0.15) is 5.82 Å². The van der Waals surface area contributed by atoms with Crippen LogP contribution in [0.25, 0.3) is 0 Å². The number of aryl methyl sites for hydroxylation is 1. The van der Waals surface area contributed by atoms with Crippen LogP contribution in [0.5, 0.6) is 0 Å². The van der Waals surface area contributed by atoms with Crippen molar-refractivity contribution in [3.05, 3.63) is 63.0 Å². The number of carbonyl (C=O) groups excluding carboxylic acids is 2. The zero-order valence-electron chi connectivity index (χ0n) is 20.0. The second-order valence-corrected chi connectivity index (χ2v) is 9.88. The van der Waals surface area contributed by atoms with Gasteiger partial charge in [-0.3, -0.25) is 9.59 Å². The molecule has 7 nitrogen and oxygen atoms in total. The molecule has 0 spiro atoms. The van der Waals surface area contributed by atoms with Crippen LogP contribution in [0.4, 0.5) is 4.39 Å². The molecule has 0 saturated carbocycles. The van der Waals surface area contributed by atoms with Crippen molar-refractivity contribution in [2.24, 2.45) is 0 Å². The van der Waals surface area contributed by atoms with E-state index in [2.05, 4.69) is 15.4 Å². The lowest BCUT2D eigenvalue weighted by Crippen LogP contribution is -2.36. The number of sulfonamides is 1. The standard InChI is InChI=1S/C24H32FN3O4S/c1-14-7-8-20(13-21(14)25)24(30)27-12-11-26-22(29)9-10-28-33(31,32)23-18(5)16(3)15(2)17(4)19(23)6/h7-8,13,28H,9-12H2,1-6H3,(H,26,29)(H,27,30). The smallest absolute Gasteiger partial charge is 0.251 e. The van der Waals surface area contributed by atoms with Gasteiger partial charge in [-0.25, -0.2) is 17.5 Å². The van der Waals surface area contributed by atoms with Crippen molar-refractivity contribution < 1.29 is 22.4 Å². The van der Waals surface area contributed by atoms with Gasteiger partial charge in [0.2, 0.25) is 15.9 Å². The van der Waals surface area contributed by atoms with E-state index in [1.54, 1.807) is 20.8 Å². The SMILES string of the molecule is Cc1ccc(C(=O)NCCNC(=O)CCNS(=O)(=O)c2c(C)c(C)c(C)c(C)c2C)cc1F. The summed E-state index contributed by atoms with van der Waals surface area (Å²) in [5, 5.41) is 5.22. The summed E-state index contributed by atoms with van der Waals surface area (Å²) in [4.78, 5) is 24.3. The molecule has 0 aromatic heterocycles. The minimum Gasteiger partial charge on any atom is -0.354 e. The van der Waals surface area contributed by atoms with Crippen LogP contribution in [0.15, 0.2) is 23.1 Å². The average molecular weight is 478 g/mol. The summed E-state index contributed by atoms with van der Waals surface area (Å²) in [7, 11) is -3.77. The van der Waals surface area contributed by atoms with Gasteiger partial charge in [-0.2, -0.15) is 0 Å².